The maximum Gasteiger partial charge on any atom is 0.266 e. The van der Waals surface area contributed by atoms with Gasteiger partial charge in [-0.25, -0.2) is 9.80 Å². The van der Waals surface area contributed by atoms with Gasteiger partial charge >= 0.3 is 0 Å². The van der Waals surface area contributed by atoms with Crippen molar-refractivity contribution in [2.24, 2.45) is 0 Å². The number of anilines is 4. The van der Waals surface area contributed by atoms with Crippen LogP contribution < -0.4 is 38.5 Å². The van der Waals surface area contributed by atoms with Crippen LogP contribution in [0.15, 0.2) is 182 Å². The Morgan fingerprint density at radius 2 is 0.508 bits per heavy atom. The van der Waals surface area contributed by atoms with E-state index in [0.717, 1.165) is 116 Å². The molecule has 15 aromatic carbocycles. The van der Waals surface area contributed by atoms with E-state index in [1.807, 2.05) is 141 Å². The maximum absolute atomic E-state index is 16.8. The van der Waals surface area contributed by atoms with E-state index in [-0.39, 0.29) is 102 Å². The molecule has 0 N–H and O–H groups in total. The zero-order valence-corrected chi connectivity index (χ0v) is 74.8. The molecule has 21 rings (SSSR count). The highest BCUT2D eigenvalue weighted by atomic mass is 16.5. The second kappa shape index (κ2) is 29.4. The number of unbranched alkanes of at least 4 members (excludes halogenated alkanes) is 2. The third-order valence-corrected chi connectivity index (χ3v) is 27.4. The minimum absolute atomic E-state index is 0.0656. The summed E-state index contributed by atoms with van der Waals surface area (Å²) in [6.07, 6.45) is 6.47. The molecule has 642 valence electrons. The Labute approximate surface area is 742 Å². The van der Waals surface area contributed by atoms with Gasteiger partial charge in [-0.05, 0) is 215 Å². The Morgan fingerprint density at radius 1 is 0.258 bits per heavy atom. The number of benzene rings is 15. The standard InChI is InChI=1S/C110H100N6O12/c1-15-17-51-113-99(117)71-45-43-69-90-80(112-49-21-22-50-112)54-74-86-72(46-44-70(92(86)90)89-79(111-47-19-20-48-111)53-73(100(113)118)85(71)91(69)89)103(121)115(104(74)122)63-31-33-64(34-32-63)116-105(123)77-57-83(127-67-39-27-61(28-40-67)109(9,10)11)95-93-81(125-65-35-23-59(24-36-65)107(3,4)5)55-75-87-76(102(120)114(101(75)119)52-18-16-2)56-82(126-66-37-25-60(26-38-66)108(6,7)8)94(97(87)93)96-84(58-78(106(116)124)88(77)98(95)96)128-68-41-29-62(30-42-68)110(12,13)14/h23-46,53-58H,15-22,47-52H2,1-14H3. The molecular formula is C110H100N6O12. The highest BCUT2D eigenvalue weighted by Gasteiger charge is 2.46. The van der Waals surface area contributed by atoms with Crippen LogP contribution in [0.5, 0.6) is 46.0 Å². The number of carbonyl (C=O) groups excluding carboxylic acids is 8. The molecule has 2 saturated heterocycles. The molecule has 0 atom stereocenters. The van der Waals surface area contributed by atoms with Crippen molar-refractivity contribution in [2.45, 2.75) is 170 Å². The lowest BCUT2D eigenvalue weighted by atomic mass is 9.80. The molecule has 18 heteroatoms. The van der Waals surface area contributed by atoms with E-state index in [9.17, 15) is 9.59 Å². The minimum atomic E-state index is -0.729. The number of hydrogen-bond acceptors (Lipinski definition) is 14. The molecule has 6 aliphatic heterocycles. The van der Waals surface area contributed by atoms with E-state index in [4.69, 9.17) is 18.9 Å². The van der Waals surface area contributed by atoms with Crippen LogP contribution in [-0.2, 0) is 21.7 Å². The van der Waals surface area contributed by atoms with E-state index in [0.29, 0.717) is 133 Å². The van der Waals surface area contributed by atoms with Crippen LogP contribution in [0, 0.1) is 0 Å². The fourth-order valence-electron chi connectivity index (χ4n) is 20.6. The highest BCUT2D eigenvalue weighted by molar-refractivity contribution is 6.49. The number of nitrogens with zero attached hydrogens (tertiary/aromatic N) is 6. The quantitative estimate of drug-likeness (QED) is 0.0447. The van der Waals surface area contributed by atoms with Crippen LogP contribution in [0.1, 0.15) is 253 Å². The SMILES string of the molecule is CCCCN1C(=O)c2ccc3c4c(N5CCCC5)cc5c6c(ccc(c7c(N8CCCC8)cc(c2c37)C1=O)c64)C(=O)N(c1ccc(N2C(=O)c3cc(Oc4ccc(C(C)(C)C)cc4)c4c6c(Oc7ccc(C(C)(C)C)cc7)cc7c8c(cc(Oc9ccc(C(C)(C)C)cc9)c(c9c(Oc%10ccc(C(C)(C)C)cc%10)cc(c3c49)C2=O)c86)C(=O)N(CCCC)C7=O)cc1)C5=O. The number of carbonyl (C=O) groups is 8. The van der Waals surface area contributed by atoms with E-state index >= 15 is 28.8 Å². The Kier molecular flexibility index (Phi) is 18.7. The van der Waals surface area contributed by atoms with Crippen molar-refractivity contribution in [1.29, 1.82) is 0 Å². The molecule has 0 bridgehead atoms. The number of rotatable bonds is 18. The predicted molar refractivity (Wildman–Crippen MR) is 508 cm³/mol. The highest BCUT2D eigenvalue weighted by Crippen LogP contribution is 2.60. The second-order valence-electron chi connectivity index (χ2n) is 39.7. The van der Waals surface area contributed by atoms with Crippen LogP contribution in [0.2, 0.25) is 0 Å². The summed E-state index contributed by atoms with van der Waals surface area (Å²) in [5, 5.41) is 8.91. The Bertz CT molecular complexity index is 7110. The molecule has 2 fully saturated rings. The molecule has 6 heterocycles. The van der Waals surface area contributed by atoms with Crippen LogP contribution >= 0.6 is 0 Å². The molecule has 0 radical (unpaired) electrons. The van der Waals surface area contributed by atoms with Crippen molar-refractivity contribution in [2.75, 3.05) is 58.9 Å². The van der Waals surface area contributed by atoms with Crippen molar-refractivity contribution < 1.29 is 57.3 Å². The topological polar surface area (TPSA) is 193 Å². The van der Waals surface area contributed by atoms with Crippen molar-refractivity contribution in [1.82, 2.24) is 9.80 Å². The second-order valence-corrected chi connectivity index (χ2v) is 39.7. The number of hydrogen-bond donors (Lipinski definition) is 0. The largest absolute Gasteiger partial charge is 0.457 e. The maximum atomic E-state index is 16.8. The molecule has 0 aromatic heterocycles. The van der Waals surface area contributed by atoms with E-state index in [2.05, 4.69) is 92.9 Å². The number of ether oxygens (including phenoxy) is 4. The summed E-state index contributed by atoms with van der Waals surface area (Å²) in [5.74, 6) is -1.87. The Morgan fingerprint density at radius 3 is 0.797 bits per heavy atom. The van der Waals surface area contributed by atoms with Gasteiger partial charge < -0.3 is 28.7 Å². The molecular weight excluding hydrogens is 1600 g/mol. The summed E-state index contributed by atoms with van der Waals surface area (Å²) >= 11 is 0. The summed E-state index contributed by atoms with van der Waals surface area (Å²) in [4.78, 5) is 137. The zero-order valence-electron chi connectivity index (χ0n) is 74.8. The molecule has 128 heavy (non-hydrogen) atoms. The normalized spacial score (nSPS) is 15.7. The predicted octanol–water partition coefficient (Wildman–Crippen LogP) is 25.7. The molecule has 6 aliphatic rings. The third kappa shape index (κ3) is 12.6. The van der Waals surface area contributed by atoms with Gasteiger partial charge in [0.05, 0.1) is 44.8 Å². The van der Waals surface area contributed by atoms with Gasteiger partial charge in [-0.1, -0.05) is 170 Å². The van der Waals surface area contributed by atoms with Gasteiger partial charge in [-0.2, -0.15) is 0 Å². The van der Waals surface area contributed by atoms with Crippen LogP contribution in [-0.4, -0.2) is 96.3 Å². The van der Waals surface area contributed by atoms with Gasteiger partial charge in [-0.15, -0.1) is 0 Å². The van der Waals surface area contributed by atoms with E-state index in [1.165, 1.54) is 14.7 Å². The summed E-state index contributed by atoms with van der Waals surface area (Å²) in [6.45, 7) is 33.0. The average Bonchev–Trinajstić information content (AvgIpc) is 0.691. The third-order valence-electron chi connectivity index (χ3n) is 27.4. The van der Waals surface area contributed by atoms with Crippen LogP contribution in [0.3, 0.4) is 0 Å². The lowest BCUT2D eigenvalue weighted by Gasteiger charge is -2.34. The molecule has 0 unspecified atom stereocenters. The fourth-order valence-corrected chi connectivity index (χ4v) is 20.6. The van der Waals surface area contributed by atoms with Crippen molar-refractivity contribution in [3.05, 3.63) is 249 Å². The summed E-state index contributed by atoms with van der Waals surface area (Å²) in [6, 6.07) is 55.9. The van der Waals surface area contributed by atoms with Crippen molar-refractivity contribution in [3.8, 4) is 46.0 Å². The summed E-state index contributed by atoms with van der Waals surface area (Å²) in [7, 11) is 0. The Balaban J connectivity index is 0.779. The van der Waals surface area contributed by atoms with E-state index < -0.39 is 35.4 Å². The summed E-state index contributed by atoms with van der Waals surface area (Å²) in [5.41, 5.74) is 7.33. The van der Waals surface area contributed by atoms with Crippen molar-refractivity contribution >= 4 is 156 Å². The number of fused-ring (bicyclic) bond motifs is 4. The molecule has 0 spiro atoms. The van der Waals surface area contributed by atoms with Gasteiger partial charge in [0.1, 0.15) is 46.0 Å². The van der Waals surface area contributed by atoms with Crippen LogP contribution in [0.4, 0.5) is 22.7 Å². The van der Waals surface area contributed by atoms with Gasteiger partial charge in [0.15, 0.2) is 0 Å². The minimum Gasteiger partial charge on any atom is -0.457 e. The first-order valence-electron chi connectivity index (χ1n) is 45.2. The molecule has 15 aromatic rings. The summed E-state index contributed by atoms with van der Waals surface area (Å²) < 4.78 is 29.6. The van der Waals surface area contributed by atoms with E-state index in [1.54, 1.807) is 54.6 Å². The first kappa shape index (κ1) is 81.3. The smallest absolute Gasteiger partial charge is 0.266 e. The molecule has 8 amide bonds. The number of imide groups is 4. The van der Waals surface area contributed by atoms with Gasteiger partial charge in [0, 0.05) is 137 Å². The fraction of sp³-hybridized carbons (Fsp3) is 0.291. The van der Waals surface area contributed by atoms with Gasteiger partial charge in [0.2, 0.25) is 0 Å². The first-order chi connectivity index (χ1) is 61.3. The first-order valence-corrected chi connectivity index (χ1v) is 45.2. The number of amides is 8. The van der Waals surface area contributed by atoms with Gasteiger partial charge in [0.25, 0.3) is 47.3 Å². The zero-order chi connectivity index (χ0) is 89.1. The van der Waals surface area contributed by atoms with Crippen LogP contribution in [0.25, 0.3) is 86.2 Å². The van der Waals surface area contributed by atoms with Gasteiger partial charge in [-0.3, -0.25) is 48.2 Å². The van der Waals surface area contributed by atoms with Crippen molar-refractivity contribution in [3.63, 3.8) is 0 Å². The lowest BCUT2D eigenvalue weighted by molar-refractivity contribution is 0.0593. The monoisotopic (exact) mass is 1700 g/mol. The molecule has 18 nitrogen and oxygen atoms in total. The lowest BCUT2D eigenvalue weighted by Crippen LogP contribution is -2.41. The molecule has 0 saturated carbocycles. The molecule has 0 aliphatic carbocycles. The average molecular weight is 1700 g/mol. The Hall–Kier alpha value is -13.7.